The van der Waals surface area contributed by atoms with E-state index in [1.165, 1.54) is 12.1 Å². The molecule has 1 atom stereocenters. The van der Waals surface area contributed by atoms with Crippen molar-refractivity contribution in [2.75, 3.05) is 6.54 Å². The van der Waals surface area contributed by atoms with Crippen LogP contribution in [0.25, 0.3) is 0 Å². The first-order valence-electron chi connectivity index (χ1n) is 4.60. The van der Waals surface area contributed by atoms with Gasteiger partial charge in [0.25, 0.3) is 0 Å². The van der Waals surface area contributed by atoms with Gasteiger partial charge in [0.1, 0.15) is 5.82 Å². The van der Waals surface area contributed by atoms with Crippen LogP contribution in [0.4, 0.5) is 4.39 Å². The maximum absolute atomic E-state index is 12.5. The Labute approximate surface area is 83.4 Å². The zero-order chi connectivity index (χ0) is 10.4. The lowest BCUT2D eigenvalue weighted by Gasteiger charge is -2.05. The first kappa shape index (κ1) is 10.7. The number of benzene rings is 1. The standard InChI is InChI=1S/C11H13FN2/c1-9(8-13)14-7-6-10-2-4-11(12)5-3-10/h2-5,9,14H,6-7H2,1H3. The van der Waals surface area contributed by atoms with E-state index in [1.807, 2.05) is 6.92 Å². The van der Waals surface area contributed by atoms with Crippen molar-refractivity contribution in [3.8, 4) is 6.07 Å². The van der Waals surface area contributed by atoms with Crippen molar-refractivity contribution in [1.29, 1.82) is 5.26 Å². The topological polar surface area (TPSA) is 35.8 Å². The molecule has 1 unspecified atom stereocenters. The summed E-state index contributed by atoms with van der Waals surface area (Å²) in [6.45, 7) is 2.55. The second-order valence-electron chi connectivity index (χ2n) is 3.18. The molecule has 0 amide bonds. The summed E-state index contributed by atoms with van der Waals surface area (Å²) in [7, 11) is 0. The molecule has 0 bridgehead atoms. The number of rotatable bonds is 4. The Bertz CT molecular complexity index is 313. The minimum Gasteiger partial charge on any atom is -0.302 e. The minimum atomic E-state index is -0.216. The molecule has 0 saturated heterocycles. The molecule has 2 nitrogen and oxygen atoms in total. The average Bonchev–Trinajstić information content (AvgIpc) is 2.21. The molecule has 0 aromatic heterocycles. The maximum atomic E-state index is 12.5. The van der Waals surface area contributed by atoms with E-state index >= 15 is 0 Å². The molecule has 0 aliphatic heterocycles. The molecule has 3 heteroatoms. The van der Waals surface area contributed by atoms with Crippen LogP contribution in [0.5, 0.6) is 0 Å². The van der Waals surface area contributed by atoms with Crippen LogP contribution in [-0.2, 0) is 6.42 Å². The highest BCUT2D eigenvalue weighted by atomic mass is 19.1. The highest BCUT2D eigenvalue weighted by Crippen LogP contribution is 2.02. The zero-order valence-electron chi connectivity index (χ0n) is 8.13. The van der Waals surface area contributed by atoms with E-state index in [-0.39, 0.29) is 11.9 Å². The monoisotopic (exact) mass is 192 g/mol. The molecule has 14 heavy (non-hydrogen) atoms. The number of nitriles is 1. The van der Waals surface area contributed by atoms with Crippen LogP contribution in [-0.4, -0.2) is 12.6 Å². The number of nitrogens with zero attached hydrogens (tertiary/aromatic N) is 1. The summed E-state index contributed by atoms with van der Waals surface area (Å²) in [5.41, 5.74) is 1.07. The SMILES string of the molecule is CC(C#N)NCCc1ccc(F)cc1. The molecule has 0 fully saturated rings. The Morgan fingerprint density at radius 1 is 1.43 bits per heavy atom. The smallest absolute Gasteiger partial charge is 0.123 e. The molecule has 0 aliphatic carbocycles. The fourth-order valence-electron chi connectivity index (χ4n) is 1.13. The summed E-state index contributed by atoms with van der Waals surface area (Å²) in [5.74, 6) is -0.216. The van der Waals surface area contributed by atoms with Crippen molar-refractivity contribution >= 4 is 0 Å². The quantitative estimate of drug-likeness (QED) is 0.790. The molecule has 74 valence electrons. The van der Waals surface area contributed by atoms with Gasteiger partial charge in [-0.3, -0.25) is 0 Å². The summed E-state index contributed by atoms with van der Waals surface area (Å²) in [6, 6.07) is 8.37. The molecule has 1 rings (SSSR count). The Morgan fingerprint density at radius 2 is 2.07 bits per heavy atom. The van der Waals surface area contributed by atoms with Crippen molar-refractivity contribution in [1.82, 2.24) is 5.32 Å². The van der Waals surface area contributed by atoms with E-state index in [1.54, 1.807) is 12.1 Å². The summed E-state index contributed by atoms with van der Waals surface area (Å²) in [6.07, 6.45) is 0.812. The predicted octanol–water partition coefficient (Wildman–Crippen LogP) is 1.87. The van der Waals surface area contributed by atoms with Gasteiger partial charge in [0.15, 0.2) is 0 Å². The van der Waals surface area contributed by atoms with Crippen LogP contribution in [0.1, 0.15) is 12.5 Å². The minimum absolute atomic E-state index is 0.129. The number of hydrogen-bond acceptors (Lipinski definition) is 2. The zero-order valence-corrected chi connectivity index (χ0v) is 8.13. The number of hydrogen-bond donors (Lipinski definition) is 1. The van der Waals surface area contributed by atoms with E-state index in [4.69, 9.17) is 5.26 Å². The van der Waals surface area contributed by atoms with Crippen molar-refractivity contribution in [3.05, 3.63) is 35.6 Å². The Balaban J connectivity index is 2.32. The van der Waals surface area contributed by atoms with E-state index in [2.05, 4.69) is 11.4 Å². The van der Waals surface area contributed by atoms with Crippen LogP contribution in [0.15, 0.2) is 24.3 Å². The average molecular weight is 192 g/mol. The first-order chi connectivity index (χ1) is 6.72. The Kier molecular flexibility index (Phi) is 4.09. The molecule has 0 heterocycles. The van der Waals surface area contributed by atoms with Gasteiger partial charge < -0.3 is 5.32 Å². The molecular formula is C11H13FN2. The molecule has 0 radical (unpaired) electrons. The second-order valence-corrected chi connectivity index (χ2v) is 3.18. The van der Waals surface area contributed by atoms with Gasteiger partial charge in [0.2, 0.25) is 0 Å². The Morgan fingerprint density at radius 3 is 2.64 bits per heavy atom. The van der Waals surface area contributed by atoms with Gasteiger partial charge in [-0.1, -0.05) is 12.1 Å². The fraction of sp³-hybridized carbons (Fsp3) is 0.364. The molecule has 0 spiro atoms. The van der Waals surface area contributed by atoms with Crippen molar-refractivity contribution < 1.29 is 4.39 Å². The van der Waals surface area contributed by atoms with Gasteiger partial charge in [-0.25, -0.2) is 4.39 Å². The van der Waals surface area contributed by atoms with E-state index in [0.717, 1.165) is 18.5 Å². The highest BCUT2D eigenvalue weighted by Gasteiger charge is 1.97. The van der Waals surface area contributed by atoms with E-state index in [0.29, 0.717) is 0 Å². The number of halogens is 1. The molecule has 0 saturated carbocycles. The summed E-state index contributed by atoms with van der Waals surface area (Å²) >= 11 is 0. The van der Waals surface area contributed by atoms with Gasteiger partial charge in [-0.15, -0.1) is 0 Å². The molecular weight excluding hydrogens is 179 g/mol. The predicted molar refractivity (Wildman–Crippen MR) is 53.2 cm³/mol. The van der Waals surface area contributed by atoms with Gasteiger partial charge in [-0.05, 0) is 31.0 Å². The van der Waals surface area contributed by atoms with Gasteiger partial charge in [0, 0.05) is 6.54 Å². The van der Waals surface area contributed by atoms with Gasteiger partial charge >= 0.3 is 0 Å². The van der Waals surface area contributed by atoms with Gasteiger partial charge in [-0.2, -0.15) is 5.26 Å². The van der Waals surface area contributed by atoms with Crippen LogP contribution >= 0.6 is 0 Å². The van der Waals surface area contributed by atoms with E-state index < -0.39 is 0 Å². The molecule has 1 aromatic carbocycles. The number of nitrogens with one attached hydrogen (secondary N) is 1. The fourth-order valence-corrected chi connectivity index (χ4v) is 1.13. The van der Waals surface area contributed by atoms with Crippen LogP contribution in [0, 0.1) is 17.1 Å². The summed E-state index contributed by atoms with van der Waals surface area (Å²) < 4.78 is 12.5. The van der Waals surface area contributed by atoms with Crippen molar-refractivity contribution in [2.45, 2.75) is 19.4 Å². The lowest BCUT2D eigenvalue weighted by molar-refractivity contribution is 0.623. The van der Waals surface area contributed by atoms with Gasteiger partial charge in [0.05, 0.1) is 12.1 Å². The third kappa shape index (κ3) is 3.55. The summed E-state index contributed by atoms with van der Waals surface area (Å²) in [5, 5.41) is 11.5. The molecule has 1 aromatic rings. The lowest BCUT2D eigenvalue weighted by Crippen LogP contribution is -2.26. The largest absolute Gasteiger partial charge is 0.302 e. The second kappa shape index (κ2) is 5.36. The van der Waals surface area contributed by atoms with Crippen molar-refractivity contribution in [3.63, 3.8) is 0 Å². The normalized spacial score (nSPS) is 12.1. The maximum Gasteiger partial charge on any atom is 0.123 e. The summed E-state index contributed by atoms with van der Waals surface area (Å²) in [4.78, 5) is 0. The lowest BCUT2D eigenvalue weighted by atomic mass is 10.1. The van der Waals surface area contributed by atoms with Crippen LogP contribution in [0.3, 0.4) is 0 Å². The first-order valence-corrected chi connectivity index (χ1v) is 4.60. The van der Waals surface area contributed by atoms with E-state index in [9.17, 15) is 4.39 Å². The molecule has 0 aliphatic rings. The Hall–Kier alpha value is -1.40. The molecule has 1 N–H and O–H groups in total. The highest BCUT2D eigenvalue weighted by molar-refractivity contribution is 5.16. The van der Waals surface area contributed by atoms with Crippen molar-refractivity contribution in [2.24, 2.45) is 0 Å². The van der Waals surface area contributed by atoms with Crippen LogP contribution in [0.2, 0.25) is 0 Å². The van der Waals surface area contributed by atoms with Crippen LogP contribution < -0.4 is 5.32 Å². The third-order valence-corrected chi connectivity index (χ3v) is 1.97. The third-order valence-electron chi connectivity index (χ3n) is 1.97.